The Bertz CT molecular complexity index is 911. The number of rotatable bonds is 5. The lowest BCUT2D eigenvalue weighted by molar-refractivity contribution is -0.119. The molecule has 0 fully saturated rings. The monoisotopic (exact) mass is 367 g/mol. The lowest BCUT2D eigenvalue weighted by Gasteiger charge is -2.24. The molecule has 3 rings (SSSR count). The summed E-state index contributed by atoms with van der Waals surface area (Å²) >= 11 is 1.49. The fourth-order valence-corrected chi connectivity index (χ4v) is 3.89. The summed E-state index contributed by atoms with van der Waals surface area (Å²) in [7, 11) is 0. The second-order valence-corrected chi connectivity index (χ2v) is 7.18. The van der Waals surface area contributed by atoms with Crippen LogP contribution >= 0.6 is 11.3 Å². The Kier molecular flexibility index (Phi) is 5.32. The minimum atomic E-state index is -0.142. The summed E-state index contributed by atoms with van der Waals surface area (Å²) in [5.41, 5.74) is 3.76. The summed E-state index contributed by atoms with van der Waals surface area (Å²) in [6.07, 6.45) is 0.212. The molecule has 5 nitrogen and oxygen atoms in total. The van der Waals surface area contributed by atoms with E-state index in [4.69, 9.17) is 0 Å². The van der Waals surface area contributed by atoms with Crippen molar-refractivity contribution in [1.29, 1.82) is 0 Å². The first-order valence-electron chi connectivity index (χ1n) is 8.46. The number of amides is 2. The SMILES string of the molecule is CC(=O)NCCC(=O)N(c1nc2ccccc2s1)c1c(C)cccc1C. The molecule has 3 aromatic rings. The fraction of sp³-hybridized carbons (Fsp3) is 0.250. The Morgan fingerprint density at radius 2 is 1.77 bits per heavy atom. The first-order chi connectivity index (χ1) is 12.5. The van der Waals surface area contributed by atoms with Gasteiger partial charge < -0.3 is 5.32 Å². The van der Waals surface area contributed by atoms with Crippen molar-refractivity contribution in [2.24, 2.45) is 0 Å². The van der Waals surface area contributed by atoms with Gasteiger partial charge in [-0.3, -0.25) is 14.5 Å². The average molecular weight is 367 g/mol. The van der Waals surface area contributed by atoms with Crippen LogP contribution < -0.4 is 10.2 Å². The molecule has 0 saturated heterocycles. The molecule has 6 heteroatoms. The van der Waals surface area contributed by atoms with Crippen LogP contribution in [-0.2, 0) is 9.59 Å². The summed E-state index contributed by atoms with van der Waals surface area (Å²) < 4.78 is 1.04. The Morgan fingerprint density at radius 1 is 1.08 bits per heavy atom. The number of thiazole rings is 1. The summed E-state index contributed by atoms with van der Waals surface area (Å²) in [5.74, 6) is -0.230. The predicted octanol–water partition coefficient (Wildman–Crippen LogP) is 4.10. The number of nitrogens with zero attached hydrogens (tertiary/aromatic N) is 2. The number of carbonyl (C=O) groups excluding carboxylic acids is 2. The van der Waals surface area contributed by atoms with Gasteiger partial charge in [0.1, 0.15) is 0 Å². The lowest BCUT2D eigenvalue weighted by Crippen LogP contribution is -2.31. The Balaban J connectivity index is 2.03. The molecular formula is C20H21N3O2S. The number of para-hydroxylation sites is 2. The third-order valence-corrected chi connectivity index (χ3v) is 5.12. The number of hydrogen-bond acceptors (Lipinski definition) is 4. The van der Waals surface area contributed by atoms with E-state index in [1.165, 1.54) is 18.3 Å². The molecule has 1 aromatic heterocycles. The van der Waals surface area contributed by atoms with E-state index in [0.717, 1.165) is 27.0 Å². The largest absolute Gasteiger partial charge is 0.356 e. The van der Waals surface area contributed by atoms with Gasteiger partial charge in [0.15, 0.2) is 5.13 Å². The van der Waals surface area contributed by atoms with Crippen LogP contribution in [0.5, 0.6) is 0 Å². The maximum atomic E-state index is 13.0. The van der Waals surface area contributed by atoms with Gasteiger partial charge in [0, 0.05) is 19.9 Å². The van der Waals surface area contributed by atoms with Gasteiger partial charge >= 0.3 is 0 Å². The van der Waals surface area contributed by atoms with Crippen molar-refractivity contribution in [3.05, 3.63) is 53.6 Å². The van der Waals surface area contributed by atoms with Crippen LogP contribution in [0.3, 0.4) is 0 Å². The van der Waals surface area contributed by atoms with Crippen molar-refractivity contribution in [2.45, 2.75) is 27.2 Å². The van der Waals surface area contributed by atoms with Crippen molar-refractivity contribution < 1.29 is 9.59 Å². The molecule has 1 N–H and O–H groups in total. The number of fused-ring (bicyclic) bond motifs is 1. The van der Waals surface area contributed by atoms with Crippen molar-refractivity contribution in [1.82, 2.24) is 10.3 Å². The molecule has 2 aromatic carbocycles. The Morgan fingerprint density at radius 3 is 2.42 bits per heavy atom. The second kappa shape index (κ2) is 7.66. The molecule has 2 amide bonds. The van der Waals surface area contributed by atoms with Gasteiger partial charge in [-0.25, -0.2) is 4.98 Å². The molecule has 0 spiro atoms. The summed E-state index contributed by atoms with van der Waals surface area (Å²) in [6, 6.07) is 13.8. The zero-order chi connectivity index (χ0) is 18.7. The lowest BCUT2D eigenvalue weighted by atomic mass is 10.1. The summed E-state index contributed by atoms with van der Waals surface area (Å²) in [5, 5.41) is 3.34. The minimum absolute atomic E-state index is 0.0878. The maximum Gasteiger partial charge on any atom is 0.235 e. The number of nitrogens with one attached hydrogen (secondary N) is 1. The van der Waals surface area contributed by atoms with Gasteiger partial charge in [-0.15, -0.1) is 0 Å². The number of anilines is 2. The van der Waals surface area contributed by atoms with Crippen molar-refractivity contribution in [2.75, 3.05) is 11.4 Å². The van der Waals surface area contributed by atoms with E-state index < -0.39 is 0 Å². The van der Waals surface area contributed by atoms with Gasteiger partial charge in [-0.1, -0.05) is 41.7 Å². The number of carbonyl (C=O) groups is 2. The number of aromatic nitrogens is 1. The van der Waals surface area contributed by atoms with Gasteiger partial charge in [0.25, 0.3) is 0 Å². The van der Waals surface area contributed by atoms with Crippen molar-refractivity contribution >= 4 is 44.2 Å². The third kappa shape index (κ3) is 3.75. The third-order valence-electron chi connectivity index (χ3n) is 4.10. The number of aryl methyl sites for hydroxylation is 2. The molecule has 134 valence electrons. The zero-order valence-corrected chi connectivity index (χ0v) is 15.9. The van der Waals surface area contributed by atoms with E-state index in [0.29, 0.717) is 11.7 Å². The number of benzene rings is 2. The van der Waals surface area contributed by atoms with E-state index in [-0.39, 0.29) is 18.2 Å². The first-order valence-corrected chi connectivity index (χ1v) is 9.28. The molecule has 0 atom stereocenters. The van der Waals surface area contributed by atoms with Crippen LogP contribution in [0, 0.1) is 13.8 Å². The van der Waals surface area contributed by atoms with Gasteiger partial charge in [-0.2, -0.15) is 0 Å². The van der Waals surface area contributed by atoms with Crippen LogP contribution in [0.1, 0.15) is 24.5 Å². The molecule has 0 bridgehead atoms. The van der Waals surface area contributed by atoms with E-state index >= 15 is 0 Å². The molecule has 0 saturated carbocycles. The highest BCUT2D eigenvalue weighted by Crippen LogP contribution is 2.37. The maximum absolute atomic E-state index is 13.0. The Labute approximate surface area is 156 Å². The summed E-state index contributed by atoms with van der Waals surface area (Å²) in [6.45, 7) is 5.73. The van der Waals surface area contributed by atoms with E-state index in [2.05, 4.69) is 10.3 Å². The van der Waals surface area contributed by atoms with Crippen molar-refractivity contribution in [3.8, 4) is 0 Å². The van der Waals surface area contributed by atoms with E-state index in [9.17, 15) is 9.59 Å². The first kappa shape index (κ1) is 18.1. The van der Waals surface area contributed by atoms with Gasteiger partial charge in [0.2, 0.25) is 11.8 Å². The predicted molar refractivity (Wildman–Crippen MR) is 106 cm³/mol. The Hall–Kier alpha value is -2.73. The van der Waals surface area contributed by atoms with Crippen LogP contribution in [0.2, 0.25) is 0 Å². The topological polar surface area (TPSA) is 62.3 Å². The average Bonchev–Trinajstić information content (AvgIpc) is 3.01. The smallest absolute Gasteiger partial charge is 0.235 e. The molecule has 0 aliphatic rings. The van der Waals surface area contributed by atoms with Crippen LogP contribution in [0.15, 0.2) is 42.5 Å². The fourth-order valence-electron chi connectivity index (χ4n) is 2.90. The van der Waals surface area contributed by atoms with Crippen molar-refractivity contribution in [3.63, 3.8) is 0 Å². The van der Waals surface area contributed by atoms with Crippen LogP contribution in [0.25, 0.3) is 10.2 Å². The van der Waals surface area contributed by atoms with E-state index in [1.54, 1.807) is 4.90 Å². The van der Waals surface area contributed by atoms with Crippen LogP contribution in [-0.4, -0.2) is 23.3 Å². The summed E-state index contributed by atoms with van der Waals surface area (Å²) in [4.78, 5) is 30.5. The highest BCUT2D eigenvalue weighted by molar-refractivity contribution is 7.22. The normalized spacial score (nSPS) is 10.7. The molecule has 0 radical (unpaired) electrons. The van der Waals surface area contributed by atoms with Gasteiger partial charge in [0.05, 0.1) is 15.9 Å². The highest BCUT2D eigenvalue weighted by atomic mass is 32.1. The van der Waals surface area contributed by atoms with E-state index in [1.807, 2.05) is 56.3 Å². The van der Waals surface area contributed by atoms with Crippen LogP contribution in [0.4, 0.5) is 10.8 Å². The molecule has 0 unspecified atom stereocenters. The molecule has 0 aliphatic carbocycles. The zero-order valence-electron chi connectivity index (χ0n) is 15.1. The highest BCUT2D eigenvalue weighted by Gasteiger charge is 2.24. The molecular weight excluding hydrogens is 346 g/mol. The molecule has 26 heavy (non-hydrogen) atoms. The minimum Gasteiger partial charge on any atom is -0.356 e. The molecule has 0 aliphatic heterocycles. The second-order valence-electron chi connectivity index (χ2n) is 6.17. The number of hydrogen-bond donors (Lipinski definition) is 1. The quantitative estimate of drug-likeness (QED) is 0.738. The standard InChI is InChI=1S/C20H21N3O2S/c1-13-7-6-8-14(2)19(13)23(18(25)11-12-21-15(3)24)20-22-16-9-4-5-10-17(16)26-20/h4-10H,11-12H2,1-3H3,(H,21,24). The molecule has 1 heterocycles. The van der Waals surface area contributed by atoms with Gasteiger partial charge in [-0.05, 0) is 37.1 Å².